The average Bonchev–Trinajstić information content (AvgIpc) is 2.65. The fourth-order valence-electron chi connectivity index (χ4n) is 2.55. The van der Waals surface area contributed by atoms with Crippen molar-refractivity contribution in [3.05, 3.63) is 29.3 Å². The molecule has 1 aliphatic carbocycles. The Balaban J connectivity index is 2.39. The maximum Gasteiger partial charge on any atom is 0.119 e. The Kier molecular flexibility index (Phi) is 2.96. The molecule has 0 aromatic heterocycles. The lowest BCUT2D eigenvalue weighted by Gasteiger charge is -2.10. The van der Waals surface area contributed by atoms with Gasteiger partial charge in [0.25, 0.3) is 0 Å². The van der Waals surface area contributed by atoms with Crippen molar-refractivity contribution < 1.29 is 4.74 Å². The summed E-state index contributed by atoms with van der Waals surface area (Å²) in [4.78, 5) is 0. The Hall–Kier alpha value is -1.02. The Morgan fingerprint density at radius 2 is 2.20 bits per heavy atom. The van der Waals surface area contributed by atoms with Gasteiger partial charge in [-0.05, 0) is 49.1 Å². The van der Waals surface area contributed by atoms with Gasteiger partial charge in [-0.25, -0.2) is 0 Å². The van der Waals surface area contributed by atoms with E-state index in [1.165, 1.54) is 24.0 Å². The summed E-state index contributed by atoms with van der Waals surface area (Å²) in [7, 11) is 3.76. The molecule has 2 rings (SSSR count). The number of methoxy groups -OCH3 is 1. The molecule has 0 amide bonds. The van der Waals surface area contributed by atoms with E-state index in [4.69, 9.17) is 4.74 Å². The van der Waals surface area contributed by atoms with Gasteiger partial charge in [-0.3, -0.25) is 0 Å². The van der Waals surface area contributed by atoms with Crippen LogP contribution in [0.3, 0.4) is 0 Å². The third-order valence-electron chi connectivity index (χ3n) is 3.47. The second kappa shape index (κ2) is 4.23. The number of rotatable bonds is 3. The van der Waals surface area contributed by atoms with Gasteiger partial charge in [-0.1, -0.05) is 13.0 Å². The normalized spacial score (nSPS) is 23.9. The van der Waals surface area contributed by atoms with Crippen molar-refractivity contribution in [1.82, 2.24) is 5.32 Å². The van der Waals surface area contributed by atoms with Crippen LogP contribution in [0.25, 0.3) is 0 Å². The van der Waals surface area contributed by atoms with Crippen LogP contribution in [0.4, 0.5) is 0 Å². The topological polar surface area (TPSA) is 21.3 Å². The molecule has 2 unspecified atom stereocenters. The predicted molar refractivity (Wildman–Crippen MR) is 62.4 cm³/mol. The zero-order chi connectivity index (χ0) is 10.8. The van der Waals surface area contributed by atoms with Crippen molar-refractivity contribution >= 4 is 0 Å². The fourth-order valence-corrected chi connectivity index (χ4v) is 2.55. The third kappa shape index (κ3) is 1.74. The summed E-state index contributed by atoms with van der Waals surface area (Å²) in [6.07, 6.45) is 2.44. The highest BCUT2D eigenvalue weighted by molar-refractivity contribution is 5.43. The third-order valence-corrected chi connectivity index (χ3v) is 3.47. The summed E-state index contributed by atoms with van der Waals surface area (Å²) in [5, 5.41) is 3.38. The van der Waals surface area contributed by atoms with E-state index >= 15 is 0 Å². The van der Waals surface area contributed by atoms with Crippen molar-refractivity contribution in [3.63, 3.8) is 0 Å². The molecule has 0 saturated carbocycles. The summed E-state index contributed by atoms with van der Waals surface area (Å²) in [6, 6.07) is 6.96. The molecule has 15 heavy (non-hydrogen) atoms. The van der Waals surface area contributed by atoms with E-state index in [9.17, 15) is 0 Å². The first-order chi connectivity index (χ1) is 7.30. The van der Waals surface area contributed by atoms with E-state index in [0.717, 1.165) is 5.75 Å². The maximum atomic E-state index is 5.27. The molecule has 1 aliphatic rings. The van der Waals surface area contributed by atoms with Gasteiger partial charge < -0.3 is 10.1 Å². The number of benzene rings is 1. The van der Waals surface area contributed by atoms with Gasteiger partial charge in [-0.2, -0.15) is 0 Å². The molecular weight excluding hydrogens is 186 g/mol. The SMILES string of the molecule is CCC1CC(NC)c2cc(OC)ccc21. The number of hydrogen-bond acceptors (Lipinski definition) is 2. The van der Waals surface area contributed by atoms with Gasteiger partial charge in [0.15, 0.2) is 0 Å². The largest absolute Gasteiger partial charge is 0.497 e. The first-order valence-corrected chi connectivity index (χ1v) is 5.65. The van der Waals surface area contributed by atoms with Crippen LogP contribution in [0.15, 0.2) is 18.2 Å². The second-order valence-electron chi connectivity index (χ2n) is 4.18. The number of nitrogens with one attached hydrogen (secondary N) is 1. The Morgan fingerprint density at radius 1 is 1.40 bits per heavy atom. The molecule has 2 atom stereocenters. The minimum Gasteiger partial charge on any atom is -0.497 e. The van der Waals surface area contributed by atoms with Crippen molar-refractivity contribution in [2.24, 2.45) is 0 Å². The zero-order valence-electron chi connectivity index (χ0n) is 9.71. The highest BCUT2D eigenvalue weighted by Gasteiger charge is 2.28. The standard InChI is InChI=1S/C13H19NO/c1-4-9-7-13(14-2)12-8-10(15-3)5-6-11(9)12/h5-6,8-9,13-14H,4,7H2,1-3H3. The van der Waals surface area contributed by atoms with Crippen LogP contribution in [-0.4, -0.2) is 14.2 Å². The van der Waals surface area contributed by atoms with Gasteiger partial charge in [0.1, 0.15) is 5.75 Å². The molecule has 2 heteroatoms. The molecule has 0 fully saturated rings. The molecule has 0 radical (unpaired) electrons. The molecule has 0 saturated heterocycles. The Labute approximate surface area is 91.6 Å². The van der Waals surface area contributed by atoms with Crippen molar-refractivity contribution in [3.8, 4) is 5.75 Å². The fraction of sp³-hybridized carbons (Fsp3) is 0.538. The number of ether oxygens (including phenoxy) is 1. The quantitative estimate of drug-likeness (QED) is 0.819. The lowest BCUT2D eigenvalue weighted by molar-refractivity contribution is 0.413. The Morgan fingerprint density at radius 3 is 2.80 bits per heavy atom. The Bertz CT molecular complexity index is 348. The molecule has 1 aromatic carbocycles. The van der Waals surface area contributed by atoms with Gasteiger partial charge in [-0.15, -0.1) is 0 Å². The van der Waals surface area contributed by atoms with E-state index in [1.807, 2.05) is 7.05 Å². The lowest BCUT2D eigenvalue weighted by atomic mass is 9.99. The summed E-state index contributed by atoms with van der Waals surface area (Å²) in [5.41, 5.74) is 2.92. The number of hydrogen-bond donors (Lipinski definition) is 1. The van der Waals surface area contributed by atoms with Crippen LogP contribution in [0.2, 0.25) is 0 Å². The van der Waals surface area contributed by atoms with Crippen molar-refractivity contribution in [1.29, 1.82) is 0 Å². The van der Waals surface area contributed by atoms with Crippen molar-refractivity contribution in [2.75, 3.05) is 14.2 Å². The summed E-state index contributed by atoms with van der Waals surface area (Å²) in [6.45, 7) is 2.26. The summed E-state index contributed by atoms with van der Waals surface area (Å²) in [5.74, 6) is 1.68. The van der Waals surface area contributed by atoms with E-state index < -0.39 is 0 Å². The molecule has 82 valence electrons. The molecule has 2 nitrogen and oxygen atoms in total. The molecule has 0 spiro atoms. The van der Waals surface area contributed by atoms with Crippen LogP contribution in [0, 0.1) is 0 Å². The highest BCUT2D eigenvalue weighted by atomic mass is 16.5. The second-order valence-corrected chi connectivity index (χ2v) is 4.18. The van der Waals surface area contributed by atoms with Crippen LogP contribution >= 0.6 is 0 Å². The molecule has 0 aliphatic heterocycles. The van der Waals surface area contributed by atoms with Crippen LogP contribution in [0.5, 0.6) is 5.75 Å². The molecule has 0 heterocycles. The summed E-state index contributed by atoms with van der Waals surface area (Å²) < 4.78 is 5.27. The molecule has 1 aromatic rings. The lowest BCUT2D eigenvalue weighted by Crippen LogP contribution is -2.13. The van der Waals surface area contributed by atoms with E-state index in [-0.39, 0.29) is 0 Å². The summed E-state index contributed by atoms with van der Waals surface area (Å²) >= 11 is 0. The average molecular weight is 205 g/mol. The van der Waals surface area contributed by atoms with Gasteiger partial charge in [0.05, 0.1) is 7.11 Å². The van der Waals surface area contributed by atoms with E-state index in [2.05, 4.69) is 30.4 Å². The minimum atomic E-state index is 0.500. The van der Waals surface area contributed by atoms with Gasteiger partial charge >= 0.3 is 0 Å². The highest BCUT2D eigenvalue weighted by Crippen LogP contribution is 2.43. The molecule has 1 N–H and O–H groups in total. The van der Waals surface area contributed by atoms with Crippen LogP contribution in [-0.2, 0) is 0 Å². The zero-order valence-corrected chi connectivity index (χ0v) is 9.71. The molecule has 0 bridgehead atoms. The van der Waals surface area contributed by atoms with Crippen LogP contribution < -0.4 is 10.1 Å². The first-order valence-electron chi connectivity index (χ1n) is 5.65. The smallest absolute Gasteiger partial charge is 0.119 e. The van der Waals surface area contributed by atoms with E-state index in [0.29, 0.717) is 12.0 Å². The van der Waals surface area contributed by atoms with Gasteiger partial charge in [0, 0.05) is 6.04 Å². The number of fused-ring (bicyclic) bond motifs is 1. The van der Waals surface area contributed by atoms with Crippen LogP contribution in [0.1, 0.15) is 42.9 Å². The molecular formula is C13H19NO. The van der Waals surface area contributed by atoms with E-state index in [1.54, 1.807) is 7.11 Å². The monoisotopic (exact) mass is 205 g/mol. The maximum absolute atomic E-state index is 5.27. The first kappa shape index (κ1) is 10.5. The van der Waals surface area contributed by atoms with Gasteiger partial charge in [0.2, 0.25) is 0 Å². The predicted octanol–water partition coefficient (Wildman–Crippen LogP) is 2.85. The minimum absolute atomic E-state index is 0.500. The van der Waals surface area contributed by atoms with Crippen molar-refractivity contribution in [2.45, 2.75) is 31.7 Å².